The second-order valence-electron chi connectivity index (χ2n) is 5.64. The molecule has 0 spiro atoms. The van der Waals surface area contributed by atoms with E-state index in [0.717, 1.165) is 12.8 Å². The van der Waals surface area contributed by atoms with Crippen molar-refractivity contribution >= 4 is 100 Å². The molecule has 0 aliphatic rings. The first-order chi connectivity index (χ1) is 8.33. The van der Waals surface area contributed by atoms with Crippen molar-refractivity contribution in [3.05, 3.63) is 0 Å². The maximum Gasteiger partial charge on any atom is 0.198 e. The summed E-state index contributed by atoms with van der Waals surface area (Å²) < 4.78 is 24.3. The van der Waals surface area contributed by atoms with Crippen LogP contribution in [0, 0.1) is 11.8 Å². The van der Waals surface area contributed by atoms with Crippen molar-refractivity contribution in [1.29, 1.82) is 0 Å². The second kappa shape index (κ2) is 8.65. The van der Waals surface area contributed by atoms with E-state index in [2.05, 4.69) is 118 Å². The average Bonchev–Trinajstić information content (AvgIpc) is 2.23. The molecule has 116 valence electrons. The Hall–Kier alpha value is 2.87. The topological polar surface area (TPSA) is 34.1 Å². The molecule has 0 unspecified atom stereocenters. The minimum Gasteiger partial charge on any atom is -0.224 e. The molecular formula is C12H22I4O2S. The van der Waals surface area contributed by atoms with Crippen LogP contribution in [0.5, 0.6) is 0 Å². The second-order valence-corrected chi connectivity index (χ2v) is 22.5. The highest BCUT2D eigenvalue weighted by Crippen LogP contribution is 2.52. The Bertz CT molecular complexity index is 345. The molecule has 0 aromatic rings. The molecule has 0 fully saturated rings. The smallest absolute Gasteiger partial charge is 0.198 e. The molecule has 0 N–H and O–H groups in total. The average molecular weight is 738 g/mol. The quantitative estimate of drug-likeness (QED) is 0.216. The fraction of sp³-hybridized carbons (Fsp3) is 1.00. The van der Waals surface area contributed by atoms with Gasteiger partial charge in [-0.2, -0.15) is 0 Å². The first-order valence-corrected chi connectivity index (χ1v) is 12.1. The van der Waals surface area contributed by atoms with E-state index in [9.17, 15) is 8.42 Å². The summed E-state index contributed by atoms with van der Waals surface area (Å²) in [5.41, 5.74) is 0. The van der Waals surface area contributed by atoms with Gasteiger partial charge in [0.1, 0.15) is 0 Å². The number of hydrogen-bond donors (Lipinski definition) is 0. The van der Waals surface area contributed by atoms with Crippen LogP contribution < -0.4 is 0 Å². The maximum absolute atomic E-state index is 12.9. The lowest BCUT2D eigenvalue weighted by atomic mass is 10.1. The molecule has 2 nitrogen and oxygen atoms in total. The Morgan fingerprint density at radius 2 is 1.05 bits per heavy atom. The van der Waals surface area contributed by atoms with Crippen molar-refractivity contribution in [3.63, 3.8) is 0 Å². The lowest BCUT2D eigenvalue weighted by Gasteiger charge is -2.31. The van der Waals surface area contributed by atoms with Crippen molar-refractivity contribution in [2.75, 3.05) is 0 Å². The van der Waals surface area contributed by atoms with Crippen molar-refractivity contribution in [2.45, 2.75) is 54.9 Å². The highest BCUT2D eigenvalue weighted by molar-refractivity contribution is 14.2. The summed E-state index contributed by atoms with van der Waals surface area (Å²) in [6.45, 7) is 8.54. The van der Waals surface area contributed by atoms with Gasteiger partial charge in [-0.25, -0.2) is 8.42 Å². The fourth-order valence-electron chi connectivity index (χ4n) is 1.40. The summed E-state index contributed by atoms with van der Waals surface area (Å²) in [6.07, 6.45) is 3.31. The van der Waals surface area contributed by atoms with Gasteiger partial charge in [-0.15, -0.1) is 0 Å². The van der Waals surface area contributed by atoms with Gasteiger partial charge < -0.3 is 0 Å². The Labute approximate surface area is 172 Å². The third kappa shape index (κ3) is 6.88. The van der Waals surface area contributed by atoms with Gasteiger partial charge in [-0.1, -0.05) is 27.7 Å². The maximum atomic E-state index is 12.9. The molecule has 0 aliphatic heterocycles. The summed E-state index contributed by atoms with van der Waals surface area (Å²) in [6, 6.07) is 0. The molecule has 0 aromatic carbocycles. The lowest BCUT2D eigenvalue weighted by Crippen LogP contribution is -2.38. The lowest BCUT2D eigenvalue weighted by molar-refractivity contribution is 0.537. The Balaban J connectivity index is 5.01. The van der Waals surface area contributed by atoms with Crippen LogP contribution in [0.1, 0.15) is 53.4 Å². The zero-order valence-electron chi connectivity index (χ0n) is 11.7. The third-order valence-electron chi connectivity index (χ3n) is 2.81. The molecule has 0 atom stereocenters. The van der Waals surface area contributed by atoms with Crippen LogP contribution in [0.2, 0.25) is 0 Å². The van der Waals surface area contributed by atoms with E-state index in [1.807, 2.05) is 0 Å². The van der Waals surface area contributed by atoms with Crippen LogP contribution in [0.3, 0.4) is 0 Å². The predicted molar refractivity (Wildman–Crippen MR) is 119 cm³/mol. The zero-order chi connectivity index (χ0) is 15.5. The van der Waals surface area contributed by atoms with E-state index in [0.29, 0.717) is 24.7 Å². The van der Waals surface area contributed by atoms with Gasteiger partial charge in [0, 0.05) is 0 Å². The Morgan fingerprint density at radius 1 is 0.789 bits per heavy atom. The van der Waals surface area contributed by atoms with Crippen molar-refractivity contribution in [3.8, 4) is 0 Å². The first-order valence-electron chi connectivity index (χ1n) is 6.33. The van der Waals surface area contributed by atoms with Crippen LogP contribution in [0.15, 0.2) is 0 Å². The van der Waals surface area contributed by atoms with E-state index >= 15 is 0 Å². The van der Waals surface area contributed by atoms with E-state index in [-0.39, 0.29) is 0 Å². The van der Waals surface area contributed by atoms with Crippen LogP contribution in [0.4, 0.5) is 0 Å². The number of alkyl halides is 4. The Kier molecular flexibility index (Phi) is 9.95. The van der Waals surface area contributed by atoms with Gasteiger partial charge >= 0.3 is 0 Å². The molecule has 0 amide bonds. The summed E-state index contributed by atoms with van der Waals surface area (Å²) >= 11 is 8.49. The summed E-state index contributed by atoms with van der Waals surface area (Å²) in [5.74, 6) is 1.07. The molecule has 7 heteroatoms. The molecular weight excluding hydrogens is 716 g/mol. The number of sulfone groups is 1. The minimum atomic E-state index is -3.18. The highest BCUT2D eigenvalue weighted by atomic mass is 127. The van der Waals surface area contributed by atoms with Crippen molar-refractivity contribution in [2.24, 2.45) is 11.8 Å². The summed E-state index contributed by atoms with van der Waals surface area (Å²) in [5, 5.41) is 0. The molecule has 0 saturated heterocycles. The van der Waals surface area contributed by atoms with Crippen LogP contribution in [-0.2, 0) is 9.84 Å². The minimum absolute atomic E-state index is 0.535. The molecule has 0 aromatic heterocycles. The number of hydrogen-bond acceptors (Lipinski definition) is 2. The summed E-state index contributed by atoms with van der Waals surface area (Å²) in [7, 11) is -3.18. The van der Waals surface area contributed by atoms with Gasteiger partial charge in [0.05, 0.1) is 0 Å². The molecule has 0 bridgehead atoms. The highest BCUT2D eigenvalue weighted by Gasteiger charge is 2.50. The molecule has 0 heterocycles. The van der Waals surface area contributed by atoms with E-state index in [4.69, 9.17) is 0 Å². The fourth-order valence-corrected chi connectivity index (χ4v) is 13.4. The predicted octanol–water partition coefficient (Wildman–Crippen LogP) is 6.32. The molecule has 0 aliphatic carbocycles. The normalized spacial score (nSPS) is 14.4. The van der Waals surface area contributed by atoms with Crippen LogP contribution in [0.25, 0.3) is 0 Å². The zero-order valence-corrected chi connectivity index (χ0v) is 21.2. The molecule has 0 radical (unpaired) electrons. The Morgan fingerprint density at radius 3 is 1.26 bits per heavy atom. The number of rotatable bonds is 8. The van der Waals surface area contributed by atoms with Gasteiger partial charge in [-0.3, -0.25) is 0 Å². The van der Waals surface area contributed by atoms with Crippen molar-refractivity contribution in [1.82, 2.24) is 0 Å². The monoisotopic (exact) mass is 738 g/mol. The van der Waals surface area contributed by atoms with Gasteiger partial charge in [0.15, 0.2) is 11.4 Å². The van der Waals surface area contributed by atoms with Gasteiger partial charge in [0.25, 0.3) is 0 Å². The van der Waals surface area contributed by atoms with Crippen LogP contribution >= 0.6 is 90.4 Å². The molecule has 0 saturated carbocycles. The summed E-state index contributed by atoms with van der Waals surface area (Å²) in [4.78, 5) is 0. The number of halogens is 4. The molecule has 0 rings (SSSR count). The van der Waals surface area contributed by atoms with E-state index < -0.39 is 11.4 Å². The SMILES string of the molecule is CC(C)CCC(I)(I)S(=O)(=O)C(I)(I)CCC(C)C. The van der Waals surface area contributed by atoms with Gasteiger partial charge in [-0.05, 0) is 128 Å². The first kappa shape index (κ1) is 21.9. The molecule has 19 heavy (non-hydrogen) atoms. The van der Waals surface area contributed by atoms with Crippen LogP contribution in [-0.4, -0.2) is 9.94 Å². The van der Waals surface area contributed by atoms with E-state index in [1.165, 1.54) is 0 Å². The van der Waals surface area contributed by atoms with Gasteiger partial charge in [0.2, 0.25) is 0 Å². The van der Waals surface area contributed by atoms with Crippen molar-refractivity contribution < 1.29 is 8.42 Å². The van der Waals surface area contributed by atoms with E-state index in [1.54, 1.807) is 0 Å². The largest absolute Gasteiger partial charge is 0.224 e. The third-order valence-corrected chi connectivity index (χ3v) is 13.9. The standard InChI is InChI=1S/C12H22I4O2S/c1-9(2)5-7-11(13,14)19(17,18)12(15,16)8-6-10(3)4/h9-10H,5-8H2,1-4H3.